The Kier molecular flexibility index (Phi) is 5.08. The number of aromatic nitrogens is 3. The van der Waals surface area contributed by atoms with Gasteiger partial charge in [0.15, 0.2) is 5.65 Å². The van der Waals surface area contributed by atoms with Gasteiger partial charge in [0.2, 0.25) is 0 Å². The summed E-state index contributed by atoms with van der Waals surface area (Å²) in [5, 5.41) is 6.71. The Morgan fingerprint density at radius 1 is 1.17 bits per heavy atom. The molecule has 0 bridgehead atoms. The molecule has 2 aliphatic rings. The maximum absolute atomic E-state index is 13.1. The highest BCUT2D eigenvalue weighted by Crippen LogP contribution is 2.22. The van der Waals surface area contributed by atoms with E-state index in [0.29, 0.717) is 34.6 Å². The van der Waals surface area contributed by atoms with Crippen LogP contribution in [0.1, 0.15) is 48.9 Å². The van der Waals surface area contributed by atoms with Crippen molar-refractivity contribution in [3.8, 4) is 0 Å². The molecular weight excluding hydrogens is 382 g/mol. The van der Waals surface area contributed by atoms with E-state index in [-0.39, 0.29) is 23.6 Å². The number of rotatable bonds is 5. The van der Waals surface area contributed by atoms with Crippen LogP contribution in [0.5, 0.6) is 0 Å². The molecule has 3 aromatic heterocycles. The van der Waals surface area contributed by atoms with Gasteiger partial charge in [0.05, 0.1) is 17.1 Å². The number of hydrogen-bond donors (Lipinski definition) is 2. The van der Waals surface area contributed by atoms with Crippen LogP contribution in [0.4, 0.5) is 5.82 Å². The number of fused-ring (bicyclic) bond motifs is 2. The second-order valence-electron chi connectivity index (χ2n) is 8.07. The number of pyridine rings is 2. The van der Waals surface area contributed by atoms with Crippen LogP contribution >= 0.6 is 0 Å². The van der Waals surface area contributed by atoms with E-state index in [0.717, 1.165) is 45.1 Å². The number of hydrogen-bond acceptors (Lipinski definition) is 6. The van der Waals surface area contributed by atoms with Crippen molar-refractivity contribution < 1.29 is 9.53 Å². The van der Waals surface area contributed by atoms with E-state index in [1.807, 2.05) is 6.07 Å². The molecule has 8 nitrogen and oxygen atoms in total. The molecule has 4 heterocycles. The number of nitrogens with one attached hydrogen (secondary N) is 2. The fraction of sp³-hybridized carbons (Fsp3) is 0.455. The molecule has 1 aliphatic carbocycles. The van der Waals surface area contributed by atoms with Crippen molar-refractivity contribution >= 4 is 28.4 Å². The Morgan fingerprint density at radius 2 is 2.03 bits per heavy atom. The summed E-state index contributed by atoms with van der Waals surface area (Å²) in [4.78, 5) is 35.2. The number of carbonyl (C=O) groups excluding carboxylic acids is 1. The van der Waals surface area contributed by atoms with Gasteiger partial charge >= 0.3 is 0 Å². The van der Waals surface area contributed by atoms with Gasteiger partial charge in [-0.1, -0.05) is 18.9 Å². The first-order valence-corrected chi connectivity index (χ1v) is 10.7. The lowest BCUT2D eigenvalue weighted by Gasteiger charge is -2.17. The van der Waals surface area contributed by atoms with E-state index in [4.69, 9.17) is 4.74 Å². The second kappa shape index (κ2) is 8.02. The molecular formula is C22H25N5O3. The molecule has 30 heavy (non-hydrogen) atoms. The Labute approximate surface area is 173 Å². The van der Waals surface area contributed by atoms with Gasteiger partial charge in [0.25, 0.3) is 11.5 Å². The van der Waals surface area contributed by atoms with E-state index in [9.17, 15) is 9.59 Å². The molecule has 1 aliphatic heterocycles. The van der Waals surface area contributed by atoms with Crippen LogP contribution < -0.4 is 16.2 Å². The van der Waals surface area contributed by atoms with Crippen molar-refractivity contribution in [3.63, 3.8) is 0 Å². The van der Waals surface area contributed by atoms with Crippen molar-refractivity contribution in [2.45, 2.75) is 50.7 Å². The number of amides is 1. The summed E-state index contributed by atoms with van der Waals surface area (Å²) in [7, 11) is 0. The van der Waals surface area contributed by atoms with Gasteiger partial charge in [-0.25, -0.2) is 9.97 Å². The molecule has 2 fully saturated rings. The van der Waals surface area contributed by atoms with Crippen LogP contribution in [0.2, 0.25) is 0 Å². The Morgan fingerprint density at radius 3 is 2.83 bits per heavy atom. The highest BCUT2D eigenvalue weighted by atomic mass is 16.5. The van der Waals surface area contributed by atoms with Crippen LogP contribution in [-0.4, -0.2) is 45.6 Å². The van der Waals surface area contributed by atoms with Crippen LogP contribution in [-0.2, 0) is 4.74 Å². The molecule has 0 aromatic carbocycles. The van der Waals surface area contributed by atoms with Crippen LogP contribution in [0, 0.1) is 0 Å². The smallest absolute Gasteiger partial charge is 0.267 e. The number of nitrogens with zero attached hydrogens (tertiary/aromatic N) is 3. The number of ether oxygens (including phenoxy) is 1. The van der Waals surface area contributed by atoms with E-state index in [1.54, 1.807) is 24.4 Å². The summed E-state index contributed by atoms with van der Waals surface area (Å²) in [5.41, 5.74) is 1.00. The highest BCUT2D eigenvalue weighted by molar-refractivity contribution is 6.02. The average molecular weight is 407 g/mol. The molecule has 0 spiro atoms. The first-order chi connectivity index (χ1) is 14.7. The zero-order valence-corrected chi connectivity index (χ0v) is 16.8. The molecule has 1 saturated carbocycles. The number of anilines is 1. The maximum Gasteiger partial charge on any atom is 0.267 e. The molecule has 156 valence electrons. The minimum Gasteiger partial charge on any atom is -0.376 e. The zero-order valence-electron chi connectivity index (χ0n) is 16.8. The average Bonchev–Trinajstić information content (AvgIpc) is 3.46. The first-order valence-electron chi connectivity index (χ1n) is 10.7. The Bertz CT molecular complexity index is 1150. The van der Waals surface area contributed by atoms with Gasteiger partial charge in [-0.2, -0.15) is 0 Å². The van der Waals surface area contributed by atoms with E-state index >= 15 is 0 Å². The fourth-order valence-corrected chi connectivity index (χ4v) is 4.34. The van der Waals surface area contributed by atoms with E-state index < -0.39 is 0 Å². The second-order valence-corrected chi connectivity index (χ2v) is 8.07. The van der Waals surface area contributed by atoms with Crippen molar-refractivity contribution in [2.24, 2.45) is 0 Å². The summed E-state index contributed by atoms with van der Waals surface area (Å²) < 4.78 is 7.16. The Balaban J connectivity index is 1.56. The first kappa shape index (κ1) is 19.0. The normalized spacial score (nSPS) is 19.5. The van der Waals surface area contributed by atoms with E-state index in [2.05, 4.69) is 20.6 Å². The third kappa shape index (κ3) is 3.63. The molecule has 3 aromatic rings. The van der Waals surface area contributed by atoms with Crippen molar-refractivity contribution in [2.75, 3.05) is 18.5 Å². The zero-order chi connectivity index (χ0) is 20.5. The SMILES string of the molecule is O=C(NC1CCCC1)c1cc2c(=O)n3ccccc3nc2nc1NC[C@@H]1CCCO1. The molecule has 1 saturated heterocycles. The molecule has 0 radical (unpaired) electrons. The van der Waals surface area contributed by atoms with Gasteiger partial charge in [-0.3, -0.25) is 14.0 Å². The molecule has 0 unspecified atom stereocenters. The van der Waals surface area contributed by atoms with Gasteiger partial charge in [0, 0.05) is 25.4 Å². The van der Waals surface area contributed by atoms with Gasteiger partial charge in [0.1, 0.15) is 11.5 Å². The maximum atomic E-state index is 13.1. The predicted octanol–water partition coefficient (Wildman–Crippen LogP) is 2.51. The lowest BCUT2D eigenvalue weighted by Crippen LogP contribution is -2.34. The van der Waals surface area contributed by atoms with Gasteiger partial charge in [-0.15, -0.1) is 0 Å². The highest BCUT2D eigenvalue weighted by Gasteiger charge is 2.23. The molecule has 8 heteroatoms. The standard InChI is InChI=1S/C22H25N5O3/c28-21(24-14-6-1-2-7-14)16-12-17-20(25-18-9-3-4-10-27(18)22(17)29)26-19(16)23-13-15-8-5-11-30-15/h3-4,9-10,12,14-15H,1-2,5-8,11,13H2,(H,23,26)(H,24,28)/t15-/m0/s1. The van der Waals surface area contributed by atoms with E-state index in [1.165, 1.54) is 4.40 Å². The summed E-state index contributed by atoms with van der Waals surface area (Å²) in [6.45, 7) is 1.33. The summed E-state index contributed by atoms with van der Waals surface area (Å²) in [6.07, 6.45) is 8.02. The third-order valence-corrected chi connectivity index (χ3v) is 5.97. The van der Waals surface area contributed by atoms with Crippen molar-refractivity contribution in [1.29, 1.82) is 0 Å². The Hall–Kier alpha value is -3.00. The number of carbonyl (C=O) groups is 1. The lowest BCUT2D eigenvalue weighted by atomic mass is 10.1. The van der Waals surface area contributed by atoms with Crippen LogP contribution in [0.15, 0.2) is 35.3 Å². The quantitative estimate of drug-likeness (QED) is 0.631. The third-order valence-electron chi connectivity index (χ3n) is 5.97. The lowest BCUT2D eigenvalue weighted by molar-refractivity contribution is 0.0938. The van der Waals surface area contributed by atoms with Gasteiger partial charge < -0.3 is 15.4 Å². The summed E-state index contributed by atoms with van der Waals surface area (Å²) in [6, 6.07) is 7.17. The van der Waals surface area contributed by atoms with Crippen LogP contribution in [0.3, 0.4) is 0 Å². The minimum absolute atomic E-state index is 0.100. The predicted molar refractivity (Wildman–Crippen MR) is 114 cm³/mol. The van der Waals surface area contributed by atoms with Crippen molar-refractivity contribution in [3.05, 3.63) is 46.4 Å². The summed E-state index contributed by atoms with van der Waals surface area (Å²) >= 11 is 0. The largest absolute Gasteiger partial charge is 0.376 e. The topological polar surface area (TPSA) is 97.6 Å². The molecule has 1 amide bonds. The van der Waals surface area contributed by atoms with Gasteiger partial charge in [-0.05, 0) is 43.9 Å². The minimum atomic E-state index is -0.233. The van der Waals surface area contributed by atoms with Crippen molar-refractivity contribution in [1.82, 2.24) is 19.7 Å². The van der Waals surface area contributed by atoms with Crippen LogP contribution in [0.25, 0.3) is 16.7 Å². The molecule has 1 atom stereocenters. The monoisotopic (exact) mass is 407 g/mol. The fourth-order valence-electron chi connectivity index (χ4n) is 4.34. The molecule has 5 rings (SSSR count). The summed E-state index contributed by atoms with van der Waals surface area (Å²) in [5.74, 6) is 0.240. The molecule has 2 N–H and O–H groups in total.